The Labute approximate surface area is 236 Å². The molecule has 0 unspecified atom stereocenters. The largest absolute Gasteiger partial charge is 0.378 e. The number of nitrogens with zero attached hydrogens (tertiary/aromatic N) is 5. The Hall–Kier alpha value is -3.90. The summed E-state index contributed by atoms with van der Waals surface area (Å²) in [6.07, 6.45) is -1.94. The Bertz CT molecular complexity index is 1490. The minimum absolute atomic E-state index is 0.163. The van der Waals surface area contributed by atoms with E-state index in [1.54, 1.807) is 12.1 Å². The Balaban J connectivity index is 1.57. The van der Waals surface area contributed by atoms with Gasteiger partial charge in [-0.2, -0.15) is 0 Å². The van der Waals surface area contributed by atoms with Crippen molar-refractivity contribution in [2.45, 2.75) is 19.4 Å². The molecule has 1 amide bonds. The second kappa shape index (κ2) is 11.9. The molecule has 1 atom stereocenters. The molecule has 12 heteroatoms. The van der Waals surface area contributed by atoms with Gasteiger partial charge in [0.05, 0.1) is 35.8 Å². The maximum Gasteiger partial charge on any atom is 0.264 e. The molecule has 41 heavy (non-hydrogen) atoms. The van der Waals surface area contributed by atoms with Gasteiger partial charge >= 0.3 is 0 Å². The first-order valence-electron chi connectivity index (χ1n) is 13.5. The summed E-state index contributed by atoms with van der Waals surface area (Å²) in [4.78, 5) is 36.3. The van der Waals surface area contributed by atoms with Crippen molar-refractivity contribution >= 4 is 23.1 Å². The molecule has 2 aliphatic heterocycles. The van der Waals surface area contributed by atoms with Gasteiger partial charge < -0.3 is 29.3 Å². The zero-order valence-corrected chi connectivity index (χ0v) is 23.2. The van der Waals surface area contributed by atoms with Crippen molar-refractivity contribution in [1.29, 1.82) is 0 Å². The maximum absolute atomic E-state index is 15.8. The first-order chi connectivity index (χ1) is 19.6. The van der Waals surface area contributed by atoms with Crippen LogP contribution in [0.3, 0.4) is 0 Å². The number of hydrogen-bond donors (Lipinski definition) is 1. The first-order valence-corrected chi connectivity index (χ1v) is 13.5. The second-order valence-electron chi connectivity index (χ2n) is 10.5. The molecule has 2 fully saturated rings. The molecule has 3 aromatic rings. The van der Waals surface area contributed by atoms with Gasteiger partial charge in [0.25, 0.3) is 17.9 Å². The van der Waals surface area contributed by atoms with Gasteiger partial charge in [0, 0.05) is 69.2 Å². The highest BCUT2D eigenvalue weighted by molar-refractivity contribution is 6.07. The van der Waals surface area contributed by atoms with Crippen LogP contribution in [-0.4, -0.2) is 79.4 Å². The molecule has 5 rings (SSSR count). The molecule has 0 spiro atoms. The maximum atomic E-state index is 15.8. The van der Waals surface area contributed by atoms with Gasteiger partial charge in [-0.05, 0) is 38.2 Å². The number of nitrogens with one attached hydrogen (secondary N) is 1. The Morgan fingerprint density at radius 3 is 2.54 bits per heavy atom. The van der Waals surface area contributed by atoms with Crippen molar-refractivity contribution in [2.75, 3.05) is 68.1 Å². The summed E-state index contributed by atoms with van der Waals surface area (Å²) in [6, 6.07) is 9.12. The van der Waals surface area contributed by atoms with E-state index < -0.39 is 29.3 Å². The molecule has 4 heterocycles. The van der Waals surface area contributed by atoms with Gasteiger partial charge in [0.2, 0.25) is 0 Å². The third-order valence-corrected chi connectivity index (χ3v) is 7.72. The van der Waals surface area contributed by atoms with Gasteiger partial charge in [0.1, 0.15) is 11.6 Å². The molecular formula is C29H33F3N6O3. The number of piperazine rings is 1. The SMILES string of the molecule is C[C@H]1CN(c2cc(F)c(-c3cccc(N4CCOCC4)n3)cc2NC(=O)c2cn(C)c(=O)cc2C(F)F)CCN1C. The smallest absolute Gasteiger partial charge is 0.264 e. The minimum atomic E-state index is -3.03. The summed E-state index contributed by atoms with van der Waals surface area (Å²) >= 11 is 0. The van der Waals surface area contributed by atoms with Gasteiger partial charge in [-0.15, -0.1) is 0 Å². The number of hydrogen-bond acceptors (Lipinski definition) is 7. The van der Waals surface area contributed by atoms with E-state index in [2.05, 4.69) is 27.0 Å². The average Bonchev–Trinajstić information content (AvgIpc) is 2.96. The lowest BCUT2D eigenvalue weighted by molar-refractivity contribution is 0.101. The summed E-state index contributed by atoms with van der Waals surface area (Å²) in [5.74, 6) is -0.668. The molecule has 0 bridgehead atoms. The standard InChI is InChI=1S/C29H33F3N6O3/c1-18-16-38(8-7-35(18)2)25-15-22(30)20(23-5-4-6-26(33-23)37-9-11-41-12-10-37)13-24(25)34-29(40)21-17-36(3)27(39)14-19(21)28(31)32/h4-6,13-15,17-18,28H,7-12,16H2,1-3H3,(H,34,40)/t18-/m0/s1. The highest BCUT2D eigenvalue weighted by Gasteiger charge is 2.27. The summed E-state index contributed by atoms with van der Waals surface area (Å²) < 4.78 is 49.9. The number of carbonyl (C=O) groups is 1. The lowest BCUT2D eigenvalue weighted by Crippen LogP contribution is -2.50. The molecule has 2 aromatic heterocycles. The number of pyridine rings is 2. The van der Waals surface area contributed by atoms with Crippen LogP contribution in [0.2, 0.25) is 0 Å². The number of rotatable bonds is 6. The number of halogens is 3. The van der Waals surface area contributed by atoms with E-state index in [4.69, 9.17) is 4.74 Å². The van der Waals surface area contributed by atoms with Crippen LogP contribution in [0.1, 0.15) is 29.3 Å². The summed E-state index contributed by atoms with van der Waals surface area (Å²) in [5, 5.41) is 2.74. The van der Waals surface area contributed by atoms with E-state index in [9.17, 15) is 18.4 Å². The van der Waals surface area contributed by atoms with Crippen LogP contribution in [0.5, 0.6) is 0 Å². The Kier molecular flexibility index (Phi) is 8.32. The van der Waals surface area contributed by atoms with Crippen LogP contribution in [-0.2, 0) is 11.8 Å². The van der Waals surface area contributed by atoms with E-state index in [0.29, 0.717) is 56.6 Å². The van der Waals surface area contributed by atoms with Crippen LogP contribution in [0.4, 0.5) is 30.4 Å². The number of ether oxygens (including phenoxy) is 1. The van der Waals surface area contributed by atoms with Gasteiger partial charge in [-0.1, -0.05) is 6.07 Å². The summed E-state index contributed by atoms with van der Waals surface area (Å²) in [5.41, 5.74) is -0.422. The zero-order chi connectivity index (χ0) is 29.3. The van der Waals surface area contributed by atoms with Crippen LogP contribution in [0.15, 0.2) is 47.4 Å². The molecule has 9 nitrogen and oxygen atoms in total. The first kappa shape index (κ1) is 28.6. The number of likely N-dealkylation sites (N-methyl/N-ethyl adjacent to an activating group) is 1. The minimum Gasteiger partial charge on any atom is -0.378 e. The Morgan fingerprint density at radius 1 is 1.07 bits per heavy atom. The van der Waals surface area contributed by atoms with Crippen LogP contribution < -0.4 is 20.7 Å². The lowest BCUT2D eigenvalue weighted by Gasteiger charge is -2.39. The number of benzene rings is 1. The van der Waals surface area contributed by atoms with E-state index in [0.717, 1.165) is 23.4 Å². The molecular weight excluding hydrogens is 537 g/mol. The van der Waals surface area contributed by atoms with Gasteiger partial charge in [0.15, 0.2) is 0 Å². The quantitative estimate of drug-likeness (QED) is 0.484. The van der Waals surface area contributed by atoms with Gasteiger partial charge in [-0.3, -0.25) is 9.59 Å². The van der Waals surface area contributed by atoms with Crippen molar-refractivity contribution in [2.24, 2.45) is 7.05 Å². The lowest BCUT2D eigenvalue weighted by atomic mass is 10.0. The van der Waals surface area contributed by atoms with Crippen molar-refractivity contribution < 1.29 is 22.7 Å². The average molecular weight is 571 g/mol. The van der Waals surface area contributed by atoms with E-state index in [1.165, 1.54) is 19.2 Å². The van der Waals surface area contributed by atoms with E-state index >= 15 is 4.39 Å². The summed E-state index contributed by atoms with van der Waals surface area (Å²) in [6.45, 7) is 6.38. The van der Waals surface area contributed by atoms with Crippen LogP contribution >= 0.6 is 0 Å². The number of aromatic nitrogens is 2. The molecule has 218 valence electrons. The number of anilines is 3. The van der Waals surface area contributed by atoms with Crippen molar-refractivity contribution in [1.82, 2.24) is 14.5 Å². The summed E-state index contributed by atoms with van der Waals surface area (Å²) in [7, 11) is 3.39. The fraction of sp³-hybridized carbons (Fsp3) is 0.414. The van der Waals surface area contributed by atoms with Crippen molar-refractivity contribution in [3.05, 3.63) is 69.9 Å². The number of alkyl halides is 2. The highest BCUT2D eigenvalue weighted by Crippen LogP contribution is 2.36. The Morgan fingerprint density at radius 2 is 1.83 bits per heavy atom. The van der Waals surface area contributed by atoms with Crippen molar-refractivity contribution in [3.63, 3.8) is 0 Å². The fourth-order valence-corrected chi connectivity index (χ4v) is 5.13. The molecule has 1 N–H and O–H groups in total. The topological polar surface area (TPSA) is 82.9 Å². The normalized spacial score (nSPS) is 18.2. The number of aryl methyl sites for hydroxylation is 1. The molecule has 0 aliphatic carbocycles. The molecule has 0 saturated carbocycles. The molecule has 2 aliphatic rings. The number of carbonyl (C=O) groups excluding carboxylic acids is 1. The van der Waals surface area contributed by atoms with Crippen LogP contribution in [0.25, 0.3) is 11.3 Å². The third-order valence-electron chi connectivity index (χ3n) is 7.72. The number of amides is 1. The monoisotopic (exact) mass is 570 g/mol. The predicted molar refractivity (Wildman–Crippen MR) is 152 cm³/mol. The molecule has 1 aromatic carbocycles. The number of morpholine rings is 1. The highest BCUT2D eigenvalue weighted by atomic mass is 19.3. The van der Waals surface area contributed by atoms with E-state index in [-0.39, 0.29) is 22.9 Å². The van der Waals surface area contributed by atoms with Gasteiger partial charge in [-0.25, -0.2) is 18.2 Å². The van der Waals surface area contributed by atoms with Crippen LogP contribution in [0, 0.1) is 5.82 Å². The zero-order valence-electron chi connectivity index (χ0n) is 23.2. The second-order valence-corrected chi connectivity index (χ2v) is 10.5. The predicted octanol–water partition coefficient (Wildman–Crippen LogP) is 3.75. The molecule has 2 saturated heterocycles. The fourth-order valence-electron chi connectivity index (χ4n) is 5.13. The third kappa shape index (κ3) is 6.08. The van der Waals surface area contributed by atoms with E-state index in [1.807, 2.05) is 18.0 Å². The van der Waals surface area contributed by atoms with Crippen molar-refractivity contribution in [3.8, 4) is 11.3 Å². The molecule has 0 radical (unpaired) electrons.